The van der Waals surface area contributed by atoms with Crippen molar-refractivity contribution in [2.24, 2.45) is 12.0 Å². The van der Waals surface area contributed by atoms with Crippen molar-refractivity contribution >= 4 is 5.96 Å². The van der Waals surface area contributed by atoms with E-state index in [1.54, 1.807) is 14.2 Å². The summed E-state index contributed by atoms with van der Waals surface area (Å²) in [4.78, 5) is 4.67. The number of nitrogens with zero attached hydrogens (tertiary/aromatic N) is 4. The molecule has 0 spiro atoms. The van der Waals surface area contributed by atoms with Crippen LogP contribution < -0.4 is 15.4 Å². The quantitative estimate of drug-likeness (QED) is 0.341. The zero-order valence-electron chi connectivity index (χ0n) is 18.2. The molecule has 0 fully saturated rings. The Hall–Kier alpha value is -2.61. The highest BCUT2D eigenvalue weighted by atomic mass is 16.5. The second-order valence-electron chi connectivity index (χ2n) is 7.05. The predicted octanol–water partition coefficient (Wildman–Crippen LogP) is 2.40. The number of rotatable bonds is 11. The van der Waals surface area contributed by atoms with E-state index in [1.165, 1.54) is 5.56 Å². The first kappa shape index (κ1) is 22.7. The lowest BCUT2D eigenvalue weighted by Gasteiger charge is -2.16. The molecule has 1 unspecified atom stereocenters. The Morgan fingerprint density at radius 3 is 2.48 bits per heavy atom. The molecule has 0 radical (unpaired) electrons. The largest absolute Gasteiger partial charge is 0.497 e. The number of hydrogen-bond acceptors (Lipinski definition) is 5. The summed E-state index contributed by atoms with van der Waals surface area (Å²) in [6.07, 6.45) is 1.91. The molecule has 0 amide bonds. The van der Waals surface area contributed by atoms with Gasteiger partial charge in [-0.05, 0) is 43.4 Å². The summed E-state index contributed by atoms with van der Waals surface area (Å²) >= 11 is 0. The lowest BCUT2D eigenvalue weighted by atomic mass is 9.98. The number of aliphatic imine (C=N–C) groups is 1. The molecule has 0 aliphatic carbocycles. The second-order valence-corrected chi connectivity index (χ2v) is 7.05. The van der Waals surface area contributed by atoms with E-state index < -0.39 is 0 Å². The molecule has 29 heavy (non-hydrogen) atoms. The van der Waals surface area contributed by atoms with Crippen LogP contribution in [0.5, 0.6) is 5.75 Å². The number of hydrogen-bond donors (Lipinski definition) is 2. The van der Waals surface area contributed by atoms with Crippen molar-refractivity contribution in [3.05, 3.63) is 41.5 Å². The van der Waals surface area contributed by atoms with E-state index in [-0.39, 0.29) is 0 Å². The molecule has 1 aromatic carbocycles. The van der Waals surface area contributed by atoms with Gasteiger partial charge in [-0.25, -0.2) is 4.99 Å². The van der Waals surface area contributed by atoms with Gasteiger partial charge in [-0.15, -0.1) is 10.2 Å². The second kappa shape index (κ2) is 12.1. The molecule has 0 saturated carbocycles. The van der Waals surface area contributed by atoms with Gasteiger partial charge in [0.15, 0.2) is 11.8 Å². The van der Waals surface area contributed by atoms with Crippen LogP contribution in [0.1, 0.15) is 42.9 Å². The van der Waals surface area contributed by atoms with Crippen LogP contribution in [0.2, 0.25) is 0 Å². The molecule has 8 nitrogen and oxygen atoms in total. The Morgan fingerprint density at radius 1 is 1.14 bits per heavy atom. The number of benzene rings is 1. The molecule has 2 N–H and O–H groups in total. The summed E-state index contributed by atoms with van der Waals surface area (Å²) < 4.78 is 12.3. The Balaban J connectivity index is 1.89. The van der Waals surface area contributed by atoms with Crippen molar-refractivity contribution in [2.75, 3.05) is 33.9 Å². The number of guanidine groups is 1. The first-order valence-corrected chi connectivity index (χ1v) is 10.0. The van der Waals surface area contributed by atoms with Crippen molar-refractivity contribution in [3.8, 4) is 5.75 Å². The molecule has 1 heterocycles. The fourth-order valence-corrected chi connectivity index (χ4v) is 2.84. The van der Waals surface area contributed by atoms with Gasteiger partial charge in [-0.2, -0.15) is 0 Å². The zero-order chi connectivity index (χ0) is 21.1. The van der Waals surface area contributed by atoms with Crippen LogP contribution in [0, 0.1) is 6.92 Å². The van der Waals surface area contributed by atoms with Crippen molar-refractivity contribution < 1.29 is 9.47 Å². The van der Waals surface area contributed by atoms with E-state index in [4.69, 9.17) is 9.47 Å². The number of methoxy groups -OCH3 is 2. The van der Waals surface area contributed by atoms with Crippen molar-refractivity contribution in [3.63, 3.8) is 0 Å². The predicted molar refractivity (Wildman–Crippen MR) is 115 cm³/mol. The Bertz CT molecular complexity index is 757. The Labute approximate surface area is 173 Å². The number of nitrogens with one attached hydrogen (secondary N) is 2. The monoisotopic (exact) mass is 402 g/mol. The van der Waals surface area contributed by atoms with Crippen LogP contribution in [0.15, 0.2) is 29.3 Å². The van der Waals surface area contributed by atoms with Crippen LogP contribution in [0.4, 0.5) is 0 Å². The summed E-state index contributed by atoms with van der Waals surface area (Å²) in [5, 5.41) is 15.1. The van der Waals surface area contributed by atoms with E-state index in [2.05, 4.69) is 44.9 Å². The molecule has 8 heteroatoms. The minimum absolute atomic E-state index is 0.435. The normalized spacial score (nSPS) is 12.7. The molecule has 0 bridgehead atoms. The van der Waals surface area contributed by atoms with Crippen molar-refractivity contribution in [2.45, 2.75) is 39.2 Å². The van der Waals surface area contributed by atoms with E-state index in [0.717, 1.165) is 55.9 Å². The summed E-state index contributed by atoms with van der Waals surface area (Å²) in [5.74, 6) is 3.82. The molecule has 2 rings (SSSR count). The summed E-state index contributed by atoms with van der Waals surface area (Å²) in [6, 6.07) is 8.26. The van der Waals surface area contributed by atoms with Crippen LogP contribution in [-0.2, 0) is 18.3 Å². The number of ether oxygens (including phenoxy) is 2. The highest BCUT2D eigenvalue weighted by Gasteiger charge is 2.08. The highest BCUT2D eigenvalue weighted by molar-refractivity contribution is 5.79. The third-order valence-corrected chi connectivity index (χ3v) is 4.93. The maximum atomic E-state index is 5.23. The maximum Gasteiger partial charge on any atom is 0.191 e. The van der Waals surface area contributed by atoms with E-state index in [0.29, 0.717) is 12.5 Å². The Morgan fingerprint density at radius 2 is 1.86 bits per heavy atom. The van der Waals surface area contributed by atoms with Gasteiger partial charge in [0, 0.05) is 33.9 Å². The standard InChI is InChI=1S/C21H34N6O2/c1-16(18-7-9-19(29-5)10-8-18)11-13-23-21(22-12-6-14-28-4)24-15-20-26-25-17(2)27(20)3/h7-10,16H,6,11-15H2,1-5H3,(H2,22,23,24). The van der Waals surface area contributed by atoms with Gasteiger partial charge in [-0.3, -0.25) is 0 Å². The van der Waals surface area contributed by atoms with Crippen molar-refractivity contribution in [1.82, 2.24) is 25.4 Å². The van der Waals surface area contributed by atoms with Gasteiger partial charge in [0.25, 0.3) is 0 Å². The minimum atomic E-state index is 0.435. The van der Waals surface area contributed by atoms with Crippen LogP contribution in [0.25, 0.3) is 0 Å². The lowest BCUT2D eigenvalue weighted by Crippen LogP contribution is -2.39. The van der Waals surface area contributed by atoms with E-state index in [9.17, 15) is 0 Å². The Kier molecular flexibility index (Phi) is 9.43. The van der Waals surface area contributed by atoms with Gasteiger partial charge in [0.1, 0.15) is 18.1 Å². The first-order valence-electron chi connectivity index (χ1n) is 10.0. The molecular formula is C21H34N6O2. The topological polar surface area (TPSA) is 85.6 Å². The van der Waals surface area contributed by atoms with Gasteiger partial charge in [0.2, 0.25) is 0 Å². The van der Waals surface area contributed by atoms with E-state index in [1.807, 2.05) is 30.7 Å². The van der Waals surface area contributed by atoms with Gasteiger partial charge in [0.05, 0.1) is 7.11 Å². The molecule has 160 valence electrons. The fraction of sp³-hybridized carbons (Fsp3) is 0.571. The summed E-state index contributed by atoms with van der Waals surface area (Å²) in [6.45, 7) is 6.98. The number of aromatic nitrogens is 3. The van der Waals surface area contributed by atoms with Gasteiger partial charge >= 0.3 is 0 Å². The lowest BCUT2D eigenvalue weighted by molar-refractivity contribution is 0.195. The smallest absolute Gasteiger partial charge is 0.191 e. The third kappa shape index (κ3) is 7.38. The average Bonchev–Trinajstić information content (AvgIpc) is 3.06. The summed E-state index contributed by atoms with van der Waals surface area (Å²) in [5.41, 5.74) is 1.30. The molecular weight excluding hydrogens is 368 g/mol. The zero-order valence-corrected chi connectivity index (χ0v) is 18.2. The first-order chi connectivity index (χ1) is 14.0. The van der Waals surface area contributed by atoms with Crippen LogP contribution in [-0.4, -0.2) is 54.6 Å². The third-order valence-electron chi connectivity index (χ3n) is 4.93. The van der Waals surface area contributed by atoms with Crippen LogP contribution in [0.3, 0.4) is 0 Å². The number of aryl methyl sites for hydroxylation is 1. The van der Waals surface area contributed by atoms with Crippen molar-refractivity contribution in [1.29, 1.82) is 0 Å². The van der Waals surface area contributed by atoms with Gasteiger partial charge in [-0.1, -0.05) is 19.1 Å². The molecule has 0 aliphatic rings. The van der Waals surface area contributed by atoms with E-state index >= 15 is 0 Å². The SMILES string of the molecule is COCCCNC(=NCc1nnc(C)n1C)NCCC(C)c1ccc(OC)cc1. The minimum Gasteiger partial charge on any atom is -0.497 e. The summed E-state index contributed by atoms with van der Waals surface area (Å²) in [7, 11) is 5.35. The molecule has 0 aliphatic heterocycles. The fourth-order valence-electron chi connectivity index (χ4n) is 2.84. The highest BCUT2D eigenvalue weighted by Crippen LogP contribution is 2.21. The molecule has 1 atom stereocenters. The van der Waals surface area contributed by atoms with Gasteiger partial charge < -0.3 is 24.7 Å². The average molecular weight is 403 g/mol. The molecule has 2 aromatic rings. The molecule has 0 saturated heterocycles. The maximum absolute atomic E-state index is 5.23. The molecule has 1 aromatic heterocycles. The van der Waals surface area contributed by atoms with Crippen LogP contribution >= 0.6 is 0 Å².